The molecule has 0 bridgehead atoms. The molecule has 1 N–H and O–H groups in total. The van der Waals surface area contributed by atoms with Crippen molar-refractivity contribution in [2.45, 2.75) is 33.6 Å². The van der Waals surface area contributed by atoms with Crippen LogP contribution in [0.25, 0.3) is 0 Å². The van der Waals surface area contributed by atoms with Crippen molar-refractivity contribution in [2.75, 3.05) is 25.1 Å². The first-order valence-corrected chi connectivity index (χ1v) is 7.02. The average Bonchev–Trinajstić information content (AvgIpc) is 2.26. The first kappa shape index (κ1) is 14.5. The van der Waals surface area contributed by atoms with Crippen molar-refractivity contribution in [1.82, 2.24) is 0 Å². The highest BCUT2D eigenvalue weighted by Gasteiger charge is 2.03. The van der Waals surface area contributed by atoms with E-state index in [1.807, 2.05) is 0 Å². The number of unbranched alkanes of at least 4 members (excludes halogenated alkanes) is 1. The molecular formula is C14H22BrNO. The molecule has 0 fully saturated rings. The van der Waals surface area contributed by atoms with Gasteiger partial charge in [0.05, 0.1) is 12.3 Å². The Hall–Kier alpha value is -0.540. The van der Waals surface area contributed by atoms with Crippen molar-refractivity contribution in [1.29, 1.82) is 0 Å². The van der Waals surface area contributed by atoms with Gasteiger partial charge in [0.25, 0.3) is 0 Å². The van der Waals surface area contributed by atoms with Gasteiger partial charge in [0.1, 0.15) is 0 Å². The molecule has 1 aromatic carbocycles. The maximum atomic E-state index is 5.52. The largest absolute Gasteiger partial charge is 0.382 e. The summed E-state index contributed by atoms with van der Waals surface area (Å²) >= 11 is 3.59. The van der Waals surface area contributed by atoms with Crippen molar-refractivity contribution in [3.05, 3.63) is 27.7 Å². The molecule has 2 nitrogen and oxygen atoms in total. The second-order valence-corrected chi connectivity index (χ2v) is 5.19. The summed E-state index contributed by atoms with van der Waals surface area (Å²) in [6.45, 7) is 8.89. The number of benzene rings is 1. The van der Waals surface area contributed by atoms with Crippen LogP contribution in [0, 0.1) is 13.8 Å². The second kappa shape index (κ2) is 7.72. The number of anilines is 1. The number of ether oxygens (including phenoxy) is 1. The summed E-state index contributed by atoms with van der Waals surface area (Å²) in [4.78, 5) is 0. The summed E-state index contributed by atoms with van der Waals surface area (Å²) in [7, 11) is 0. The van der Waals surface area contributed by atoms with Gasteiger partial charge in [-0.3, -0.25) is 0 Å². The highest BCUT2D eigenvalue weighted by Crippen LogP contribution is 2.27. The average molecular weight is 300 g/mol. The monoisotopic (exact) mass is 299 g/mol. The van der Waals surface area contributed by atoms with Gasteiger partial charge in [-0.05, 0) is 53.4 Å². The van der Waals surface area contributed by atoms with Crippen LogP contribution in [0.5, 0.6) is 0 Å². The van der Waals surface area contributed by atoms with Gasteiger partial charge in [0.2, 0.25) is 0 Å². The van der Waals surface area contributed by atoms with Gasteiger partial charge in [-0.25, -0.2) is 0 Å². The first-order valence-electron chi connectivity index (χ1n) is 6.23. The Labute approximate surface area is 113 Å². The highest BCUT2D eigenvalue weighted by molar-refractivity contribution is 9.10. The third-order valence-electron chi connectivity index (χ3n) is 2.62. The molecule has 0 radical (unpaired) electrons. The van der Waals surface area contributed by atoms with Crippen molar-refractivity contribution in [2.24, 2.45) is 0 Å². The zero-order valence-electron chi connectivity index (χ0n) is 11.0. The molecule has 3 heteroatoms. The van der Waals surface area contributed by atoms with Crippen LogP contribution in [-0.2, 0) is 4.74 Å². The van der Waals surface area contributed by atoms with E-state index in [9.17, 15) is 0 Å². The molecule has 0 atom stereocenters. The smallest absolute Gasteiger partial charge is 0.0639 e. The van der Waals surface area contributed by atoms with Crippen LogP contribution in [0.4, 0.5) is 5.69 Å². The molecule has 0 aliphatic carbocycles. The minimum absolute atomic E-state index is 0.764. The molecule has 0 saturated heterocycles. The Bertz CT molecular complexity index is 329. The third-order valence-corrected chi connectivity index (χ3v) is 3.25. The van der Waals surface area contributed by atoms with Crippen LogP contribution >= 0.6 is 15.9 Å². The molecule has 0 saturated carbocycles. The molecule has 0 aliphatic heterocycles. The minimum atomic E-state index is 0.764. The molecule has 0 heterocycles. The summed E-state index contributed by atoms with van der Waals surface area (Å²) in [5.74, 6) is 0. The number of hydrogen-bond acceptors (Lipinski definition) is 2. The van der Waals surface area contributed by atoms with E-state index in [2.05, 4.69) is 54.2 Å². The Morgan fingerprint density at radius 1 is 1.24 bits per heavy atom. The maximum absolute atomic E-state index is 5.52. The van der Waals surface area contributed by atoms with E-state index in [4.69, 9.17) is 4.74 Å². The van der Waals surface area contributed by atoms with E-state index in [1.165, 1.54) is 23.2 Å². The van der Waals surface area contributed by atoms with Crippen LogP contribution in [-0.4, -0.2) is 19.8 Å². The number of halogens is 1. The Kier molecular flexibility index (Phi) is 6.60. The lowest BCUT2D eigenvalue weighted by Gasteiger charge is -2.13. The molecule has 1 rings (SSSR count). The van der Waals surface area contributed by atoms with E-state index < -0.39 is 0 Å². The molecule has 0 unspecified atom stereocenters. The lowest BCUT2D eigenvalue weighted by molar-refractivity contribution is 0.141. The zero-order chi connectivity index (χ0) is 12.7. The fourth-order valence-corrected chi connectivity index (χ4v) is 2.55. The normalized spacial score (nSPS) is 10.6. The van der Waals surface area contributed by atoms with Gasteiger partial charge in [0.15, 0.2) is 0 Å². The fourth-order valence-electron chi connectivity index (χ4n) is 1.74. The Balaban J connectivity index is 2.36. The molecule has 0 aromatic heterocycles. The van der Waals surface area contributed by atoms with Crippen LogP contribution < -0.4 is 5.32 Å². The van der Waals surface area contributed by atoms with E-state index in [0.29, 0.717) is 0 Å². The predicted molar refractivity (Wildman–Crippen MR) is 77.8 cm³/mol. The molecule has 0 aliphatic rings. The van der Waals surface area contributed by atoms with Crippen LogP contribution in [0.2, 0.25) is 0 Å². The van der Waals surface area contributed by atoms with Gasteiger partial charge in [0, 0.05) is 17.6 Å². The molecule has 1 aromatic rings. The summed E-state index contributed by atoms with van der Waals surface area (Å²) < 4.78 is 6.65. The summed E-state index contributed by atoms with van der Waals surface area (Å²) in [6, 6.07) is 4.32. The second-order valence-electron chi connectivity index (χ2n) is 4.33. The van der Waals surface area contributed by atoms with Gasteiger partial charge >= 0.3 is 0 Å². The van der Waals surface area contributed by atoms with Crippen LogP contribution in [0.3, 0.4) is 0 Å². The summed E-state index contributed by atoms with van der Waals surface area (Å²) in [5, 5.41) is 3.41. The maximum Gasteiger partial charge on any atom is 0.0639 e. The van der Waals surface area contributed by atoms with Crippen LogP contribution in [0.1, 0.15) is 30.9 Å². The molecule has 0 amide bonds. The van der Waals surface area contributed by atoms with Crippen molar-refractivity contribution in [3.63, 3.8) is 0 Å². The molecule has 96 valence electrons. The SMILES string of the molecule is CCCCOCCNc1c(C)cc(C)cc1Br. The van der Waals surface area contributed by atoms with Gasteiger partial charge in [-0.2, -0.15) is 0 Å². The number of rotatable bonds is 7. The van der Waals surface area contributed by atoms with E-state index >= 15 is 0 Å². The lowest BCUT2D eigenvalue weighted by Crippen LogP contribution is -2.11. The fraction of sp³-hybridized carbons (Fsp3) is 0.571. The molecule has 0 spiro atoms. The molecular weight excluding hydrogens is 278 g/mol. The van der Waals surface area contributed by atoms with Gasteiger partial charge in [-0.1, -0.05) is 19.4 Å². The van der Waals surface area contributed by atoms with Crippen molar-refractivity contribution in [3.8, 4) is 0 Å². The van der Waals surface area contributed by atoms with Crippen molar-refractivity contribution >= 4 is 21.6 Å². The van der Waals surface area contributed by atoms with E-state index in [-0.39, 0.29) is 0 Å². The third kappa shape index (κ3) is 5.09. The first-order chi connectivity index (χ1) is 8.15. The quantitative estimate of drug-likeness (QED) is 0.758. The number of aryl methyl sites for hydroxylation is 2. The van der Waals surface area contributed by atoms with E-state index in [0.717, 1.165) is 30.7 Å². The predicted octanol–water partition coefficient (Wildman–Crippen LogP) is 4.29. The zero-order valence-corrected chi connectivity index (χ0v) is 12.6. The Morgan fingerprint density at radius 3 is 2.65 bits per heavy atom. The van der Waals surface area contributed by atoms with E-state index in [1.54, 1.807) is 0 Å². The topological polar surface area (TPSA) is 21.3 Å². The molecule has 17 heavy (non-hydrogen) atoms. The van der Waals surface area contributed by atoms with Crippen LogP contribution in [0.15, 0.2) is 16.6 Å². The van der Waals surface area contributed by atoms with Gasteiger partial charge in [-0.15, -0.1) is 0 Å². The lowest BCUT2D eigenvalue weighted by atomic mass is 10.1. The summed E-state index contributed by atoms with van der Waals surface area (Å²) in [5.41, 5.74) is 3.72. The summed E-state index contributed by atoms with van der Waals surface area (Å²) in [6.07, 6.45) is 2.34. The minimum Gasteiger partial charge on any atom is -0.382 e. The van der Waals surface area contributed by atoms with Gasteiger partial charge < -0.3 is 10.1 Å². The standard InChI is InChI=1S/C14H22BrNO/c1-4-5-7-17-8-6-16-14-12(3)9-11(2)10-13(14)15/h9-10,16H,4-8H2,1-3H3. The Morgan fingerprint density at radius 2 is 2.00 bits per heavy atom. The number of hydrogen-bond donors (Lipinski definition) is 1. The highest BCUT2D eigenvalue weighted by atomic mass is 79.9. The van der Waals surface area contributed by atoms with Crippen molar-refractivity contribution < 1.29 is 4.74 Å². The number of nitrogens with one attached hydrogen (secondary N) is 1.